The SMILES string of the molecule is Cc1c(-c2nnc(C(=O)NC3CCCCC3)o2)oc2ccccc12. The number of furan rings is 1. The molecular weight excluding hydrogens is 306 g/mol. The number of hydrogen-bond acceptors (Lipinski definition) is 5. The Labute approximate surface area is 139 Å². The summed E-state index contributed by atoms with van der Waals surface area (Å²) in [5.41, 5.74) is 1.69. The van der Waals surface area contributed by atoms with E-state index in [0.29, 0.717) is 5.76 Å². The van der Waals surface area contributed by atoms with Gasteiger partial charge in [-0.2, -0.15) is 0 Å². The molecule has 0 atom stereocenters. The van der Waals surface area contributed by atoms with E-state index in [4.69, 9.17) is 8.83 Å². The first-order valence-corrected chi connectivity index (χ1v) is 8.35. The van der Waals surface area contributed by atoms with Crippen LogP contribution in [0.3, 0.4) is 0 Å². The van der Waals surface area contributed by atoms with Crippen LogP contribution in [-0.2, 0) is 0 Å². The summed E-state index contributed by atoms with van der Waals surface area (Å²) >= 11 is 0. The molecule has 0 aliphatic heterocycles. The molecule has 4 rings (SSSR count). The highest BCUT2D eigenvalue weighted by Crippen LogP contribution is 2.32. The van der Waals surface area contributed by atoms with E-state index in [0.717, 1.165) is 42.2 Å². The van der Waals surface area contributed by atoms with Crippen molar-refractivity contribution in [2.24, 2.45) is 0 Å². The fourth-order valence-electron chi connectivity index (χ4n) is 3.28. The van der Waals surface area contributed by atoms with Gasteiger partial charge in [0.2, 0.25) is 0 Å². The number of aryl methyl sites for hydroxylation is 1. The van der Waals surface area contributed by atoms with Crippen LogP contribution in [0.2, 0.25) is 0 Å². The van der Waals surface area contributed by atoms with E-state index in [2.05, 4.69) is 15.5 Å². The lowest BCUT2D eigenvalue weighted by molar-refractivity contribution is 0.0893. The minimum atomic E-state index is -0.311. The number of carbonyl (C=O) groups is 1. The van der Waals surface area contributed by atoms with Crippen LogP contribution in [0, 0.1) is 6.92 Å². The molecule has 6 nitrogen and oxygen atoms in total. The highest BCUT2D eigenvalue weighted by atomic mass is 16.4. The van der Waals surface area contributed by atoms with Crippen LogP contribution in [0.1, 0.15) is 48.4 Å². The molecule has 2 aromatic heterocycles. The summed E-state index contributed by atoms with van der Waals surface area (Å²) in [6.07, 6.45) is 5.56. The van der Waals surface area contributed by atoms with E-state index in [1.807, 2.05) is 31.2 Å². The molecule has 0 bridgehead atoms. The lowest BCUT2D eigenvalue weighted by atomic mass is 9.95. The van der Waals surface area contributed by atoms with Gasteiger partial charge in [0.05, 0.1) is 0 Å². The van der Waals surface area contributed by atoms with Crippen molar-refractivity contribution in [2.75, 3.05) is 0 Å². The lowest BCUT2D eigenvalue weighted by Crippen LogP contribution is -2.36. The topological polar surface area (TPSA) is 81.2 Å². The molecule has 0 unspecified atom stereocenters. The van der Waals surface area contributed by atoms with Crippen LogP contribution in [0.5, 0.6) is 0 Å². The molecule has 6 heteroatoms. The van der Waals surface area contributed by atoms with Crippen molar-refractivity contribution < 1.29 is 13.6 Å². The summed E-state index contributed by atoms with van der Waals surface area (Å²) in [6.45, 7) is 1.94. The first-order valence-electron chi connectivity index (χ1n) is 8.35. The Bertz CT molecular complexity index is 875. The van der Waals surface area contributed by atoms with Gasteiger partial charge in [0.25, 0.3) is 5.89 Å². The molecule has 1 aliphatic carbocycles. The fourth-order valence-corrected chi connectivity index (χ4v) is 3.28. The van der Waals surface area contributed by atoms with Crippen molar-refractivity contribution in [3.63, 3.8) is 0 Å². The summed E-state index contributed by atoms with van der Waals surface area (Å²) in [5.74, 6) is 0.419. The Morgan fingerprint density at radius 1 is 1.12 bits per heavy atom. The van der Waals surface area contributed by atoms with Crippen LogP contribution >= 0.6 is 0 Å². The molecule has 0 spiro atoms. The Morgan fingerprint density at radius 2 is 1.92 bits per heavy atom. The Kier molecular flexibility index (Phi) is 3.80. The third kappa shape index (κ3) is 2.68. The summed E-state index contributed by atoms with van der Waals surface area (Å²) < 4.78 is 11.4. The van der Waals surface area contributed by atoms with E-state index in [1.54, 1.807) is 0 Å². The maximum atomic E-state index is 12.3. The van der Waals surface area contributed by atoms with Crippen molar-refractivity contribution in [1.29, 1.82) is 0 Å². The minimum absolute atomic E-state index is 0.0181. The molecule has 2 heterocycles. The van der Waals surface area contributed by atoms with Gasteiger partial charge >= 0.3 is 11.8 Å². The second-order valence-electron chi connectivity index (χ2n) is 6.27. The fraction of sp³-hybridized carbons (Fsp3) is 0.389. The second kappa shape index (κ2) is 6.11. The Balaban J connectivity index is 1.57. The van der Waals surface area contributed by atoms with Crippen molar-refractivity contribution in [3.8, 4) is 11.7 Å². The van der Waals surface area contributed by atoms with Gasteiger partial charge in [-0.15, -0.1) is 10.2 Å². The smallest absolute Gasteiger partial charge is 0.309 e. The average Bonchev–Trinajstić information content (AvgIpc) is 3.21. The molecule has 1 fully saturated rings. The number of para-hydroxylation sites is 1. The van der Waals surface area contributed by atoms with Gasteiger partial charge in [0.15, 0.2) is 5.76 Å². The molecule has 1 amide bonds. The normalized spacial score (nSPS) is 15.7. The molecule has 0 radical (unpaired) electrons. The molecule has 24 heavy (non-hydrogen) atoms. The van der Waals surface area contributed by atoms with Crippen LogP contribution in [0.15, 0.2) is 33.1 Å². The quantitative estimate of drug-likeness (QED) is 0.791. The number of fused-ring (bicyclic) bond motifs is 1. The van der Waals surface area contributed by atoms with Crippen molar-refractivity contribution in [3.05, 3.63) is 35.7 Å². The maximum absolute atomic E-state index is 12.3. The van der Waals surface area contributed by atoms with E-state index >= 15 is 0 Å². The van der Waals surface area contributed by atoms with E-state index < -0.39 is 0 Å². The maximum Gasteiger partial charge on any atom is 0.309 e. The molecule has 3 aromatic rings. The average molecular weight is 325 g/mol. The van der Waals surface area contributed by atoms with Gasteiger partial charge in [-0.3, -0.25) is 4.79 Å². The van der Waals surface area contributed by atoms with E-state index in [-0.39, 0.29) is 23.7 Å². The lowest BCUT2D eigenvalue weighted by Gasteiger charge is -2.21. The van der Waals surface area contributed by atoms with E-state index in [1.165, 1.54) is 6.42 Å². The van der Waals surface area contributed by atoms with E-state index in [9.17, 15) is 4.79 Å². The summed E-state index contributed by atoms with van der Waals surface area (Å²) in [4.78, 5) is 12.3. The van der Waals surface area contributed by atoms with Gasteiger partial charge in [0.1, 0.15) is 5.58 Å². The monoisotopic (exact) mass is 325 g/mol. The molecule has 1 aliphatic rings. The number of rotatable bonds is 3. The summed E-state index contributed by atoms with van der Waals surface area (Å²) in [7, 11) is 0. The molecule has 124 valence electrons. The third-order valence-electron chi connectivity index (χ3n) is 4.60. The van der Waals surface area contributed by atoms with Gasteiger partial charge in [0, 0.05) is 17.0 Å². The number of carbonyl (C=O) groups excluding carboxylic acids is 1. The zero-order valence-electron chi connectivity index (χ0n) is 13.5. The van der Waals surface area contributed by atoms with Crippen molar-refractivity contribution in [1.82, 2.24) is 15.5 Å². The molecule has 0 saturated heterocycles. The van der Waals surface area contributed by atoms with Gasteiger partial charge in [-0.25, -0.2) is 0 Å². The molecule has 1 N–H and O–H groups in total. The second-order valence-corrected chi connectivity index (χ2v) is 6.27. The van der Waals surface area contributed by atoms with Crippen LogP contribution in [0.4, 0.5) is 0 Å². The van der Waals surface area contributed by atoms with Gasteiger partial charge < -0.3 is 14.2 Å². The first kappa shape index (κ1) is 14.9. The summed E-state index contributed by atoms with van der Waals surface area (Å²) in [5, 5.41) is 11.8. The summed E-state index contributed by atoms with van der Waals surface area (Å²) in [6, 6.07) is 7.93. The molecule has 1 saturated carbocycles. The number of benzene rings is 1. The zero-order valence-corrected chi connectivity index (χ0v) is 13.5. The van der Waals surface area contributed by atoms with Crippen LogP contribution in [-0.4, -0.2) is 22.1 Å². The largest absolute Gasteiger partial charge is 0.451 e. The predicted octanol–water partition coefficient (Wildman–Crippen LogP) is 3.85. The first-order chi connectivity index (χ1) is 11.7. The number of amides is 1. The van der Waals surface area contributed by atoms with Crippen molar-refractivity contribution in [2.45, 2.75) is 45.1 Å². The minimum Gasteiger partial charge on any atom is -0.451 e. The standard InChI is InChI=1S/C18H19N3O3/c1-11-13-9-5-6-10-14(13)23-15(11)17-20-21-18(24-17)16(22)19-12-7-3-2-4-8-12/h5-6,9-10,12H,2-4,7-8H2,1H3,(H,19,22). The number of hydrogen-bond donors (Lipinski definition) is 1. The highest BCUT2D eigenvalue weighted by molar-refractivity contribution is 5.90. The van der Waals surface area contributed by atoms with Gasteiger partial charge in [-0.05, 0) is 25.8 Å². The number of aromatic nitrogens is 2. The van der Waals surface area contributed by atoms with Crippen LogP contribution in [0.25, 0.3) is 22.6 Å². The highest BCUT2D eigenvalue weighted by Gasteiger charge is 2.23. The zero-order chi connectivity index (χ0) is 16.5. The van der Waals surface area contributed by atoms with Crippen molar-refractivity contribution >= 4 is 16.9 Å². The third-order valence-corrected chi connectivity index (χ3v) is 4.60. The van der Waals surface area contributed by atoms with Gasteiger partial charge in [-0.1, -0.05) is 37.5 Å². The number of nitrogens with one attached hydrogen (secondary N) is 1. The predicted molar refractivity (Wildman–Crippen MR) is 88.6 cm³/mol. The molecule has 1 aromatic carbocycles. The Morgan fingerprint density at radius 3 is 2.71 bits per heavy atom. The number of nitrogens with zero attached hydrogens (tertiary/aromatic N) is 2. The van der Waals surface area contributed by atoms with Crippen LogP contribution < -0.4 is 5.32 Å². The Hall–Kier alpha value is -2.63. The molecular formula is C18H19N3O3.